The van der Waals surface area contributed by atoms with Crippen LogP contribution in [0.3, 0.4) is 0 Å². The highest BCUT2D eigenvalue weighted by Crippen LogP contribution is 2.25. The molecule has 0 saturated heterocycles. The maximum atomic E-state index is 10.7. The van der Waals surface area contributed by atoms with Crippen LogP contribution in [0.2, 0.25) is 0 Å². The van der Waals surface area contributed by atoms with Gasteiger partial charge in [-0.1, -0.05) is 29.7 Å². The van der Waals surface area contributed by atoms with Crippen molar-refractivity contribution in [3.8, 4) is 23.3 Å². The van der Waals surface area contributed by atoms with Gasteiger partial charge in [0.2, 0.25) is 5.89 Å². The Labute approximate surface area is 118 Å². The maximum Gasteiger partial charge on any atom is 0.277 e. The van der Waals surface area contributed by atoms with E-state index in [-0.39, 0.29) is 18.2 Å². The smallest absolute Gasteiger partial charge is 0.277 e. The summed E-state index contributed by atoms with van der Waals surface area (Å²) in [4.78, 5) is 10.2. The number of aliphatic hydroxyl groups is 1. The number of aromatic nitrogens is 2. The fourth-order valence-corrected chi connectivity index (χ4v) is 1.88. The average Bonchev–Trinajstić information content (AvgIpc) is 2.92. The van der Waals surface area contributed by atoms with Crippen molar-refractivity contribution < 1.29 is 14.4 Å². The predicted molar refractivity (Wildman–Crippen MR) is 72.0 cm³/mol. The Bertz CT molecular complexity index is 675. The third-order valence-electron chi connectivity index (χ3n) is 2.18. The standard InChI is InChI=1S/C12H9N3O4S/c16-6-1-2-7-20-12-14-13-11(19-12)9-4-3-5-10(8-9)15(17)18/h3-5,8,16H,6-7H2. The first-order valence-corrected chi connectivity index (χ1v) is 6.47. The molecule has 0 atom stereocenters. The van der Waals surface area contributed by atoms with Gasteiger partial charge >= 0.3 is 0 Å². The van der Waals surface area contributed by atoms with Gasteiger partial charge in [-0.05, 0) is 6.07 Å². The van der Waals surface area contributed by atoms with Crippen LogP contribution in [0.25, 0.3) is 11.5 Å². The van der Waals surface area contributed by atoms with E-state index in [1.54, 1.807) is 12.1 Å². The van der Waals surface area contributed by atoms with Crippen molar-refractivity contribution in [3.05, 3.63) is 34.4 Å². The van der Waals surface area contributed by atoms with E-state index in [2.05, 4.69) is 22.0 Å². The van der Waals surface area contributed by atoms with Crippen LogP contribution in [-0.4, -0.2) is 32.6 Å². The third kappa shape index (κ3) is 3.57. The highest BCUT2D eigenvalue weighted by atomic mass is 32.2. The molecule has 0 aliphatic heterocycles. The number of hydrogen-bond acceptors (Lipinski definition) is 7. The van der Waals surface area contributed by atoms with Gasteiger partial charge in [-0.2, -0.15) is 0 Å². The molecular formula is C12H9N3O4S. The first-order valence-electron chi connectivity index (χ1n) is 5.48. The Kier molecular flexibility index (Phi) is 4.70. The monoisotopic (exact) mass is 291 g/mol. The Balaban J connectivity index is 2.12. The molecule has 102 valence electrons. The van der Waals surface area contributed by atoms with Gasteiger partial charge in [0.15, 0.2) is 0 Å². The van der Waals surface area contributed by atoms with Gasteiger partial charge in [0.25, 0.3) is 10.9 Å². The molecule has 0 unspecified atom stereocenters. The van der Waals surface area contributed by atoms with Crippen LogP contribution in [0.4, 0.5) is 5.69 Å². The van der Waals surface area contributed by atoms with Crippen molar-refractivity contribution in [2.75, 3.05) is 12.4 Å². The van der Waals surface area contributed by atoms with E-state index in [4.69, 9.17) is 9.52 Å². The summed E-state index contributed by atoms with van der Waals surface area (Å²) < 4.78 is 5.37. The Morgan fingerprint density at radius 1 is 1.40 bits per heavy atom. The minimum Gasteiger partial charge on any atom is -0.411 e. The van der Waals surface area contributed by atoms with Crippen molar-refractivity contribution >= 4 is 17.4 Å². The van der Waals surface area contributed by atoms with E-state index in [0.717, 1.165) is 0 Å². The summed E-state index contributed by atoms with van der Waals surface area (Å²) in [5.74, 6) is 5.83. The molecule has 0 aliphatic rings. The molecule has 0 radical (unpaired) electrons. The van der Waals surface area contributed by atoms with Crippen LogP contribution >= 0.6 is 11.8 Å². The lowest BCUT2D eigenvalue weighted by Gasteiger charge is -1.94. The van der Waals surface area contributed by atoms with Gasteiger partial charge in [-0.15, -0.1) is 10.2 Å². The number of nitro benzene ring substituents is 1. The Morgan fingerprint density at radius 3 is 3.00 bits per heavy atom. The molecule has 0 bridgehead atoms. The fourth-order valence-electron chi connectivity index (χ4n) is 1.34. The van der Waals surface area contributed by atoms with Crippen LogP contribution in [0, 0.1) is 22.0 Å². The van der Waals surface area contributed by atoms with Gasteiger partial charge in [0.05, 0.1) is 10.7 Å². The largest absolute Gasteiger partial charge is 0.411 e. The molecular weight excluding hydrogens is 282 g/mol. The second-order valence-electron chi connectivity index (χ2n) is 3.48. The van der Waals surface area contributed by atoms with E-state index in [1.807, 2.05) is 0 Å². The average molecular weight is 291 g/mol. The zero-order valence-electron chi connectivity index (χ0n) is 10.1. The lowest BCUT2D eigenvalue weighted by Crippen LogP contribution is -1.88. The Morgan fingerprint density at radius 2 is 2.25 bits per heavy atom. The number of rotatable bonds is 4. The number of aliphatic hydroxyl groups excluding tert-OH is 1. The highest BCUT2D eigenvalue weighted by Gasteiger charge is 2.12. The third-order valence-corrected chi connectivity index (χ3v) is 2.88. The summed E-state index contributed by atoms with van der Waals surface area (Å²) in [6, 6.07) is 5.96. The zero-order valence-corrected chi connectivity index (χ0v) is 11.0. The zero-order chi connectivity index (χ0) is 14.4. The molecule has 7 nitrogen and oxygen atoms in total. The van der Waals surface area contributed by atoms with Crippen LogP contribution in [-0.2, 0) is 0 Å². The number of nitro groups is 1. The summed E-state index contributed by atoms with van der Waals surface area (Å²) >= 11 is 1.23. The summed E-state index contributed by atoms with van der Waals surface area (Å²) in [7, 11) is 0. The van der Waals surface area contributed by atoms with E-state index >= 15 is 0 Å². The number of thioether (sulfide) groups is 1. The van der Waals surface area contributed by atoms with Crippen molar-refractivity contribution in [1.82, 2.24) is 10.2 Å². The molecule has 2 rings (SSSR count). The van der Waals surface area contributed by atoms with Gasteiger partial charge in [-0.3, -0.25) is 10.1 Å². The van der Waals surface area contributed by atoms with Crippen molar-refractivity contribution in [3.63, 3.8) is 0 Å². The summed E-state index contributed by atoms with van der Waals surface area (Å²) in [5.41, 5.74) is 0.448. The van der Waals surface area contributed by atoms with Gasteiger partial charge in [-0.25, -0.2) is 0 Å². The number of non-ortho nitro benzene ring substituents is 1. The molecule has 1 aromatic carbocycles. The van der Waals surface area contributed by atoms with E-state index in [1.165, 1.54) is 23.9 Å². The lowest BCUT2D eigenvalue weighted by atomic mass is 10.2. The highest BCUT2D eigenvalue weighted by molar-refractivity contribution is 7.99. The number of hydrogen-bond donors (Lipinski definition) is 1. The number of benzene rings is 1. The molecule has 1 N–H and O–H groups in total. The minimum atomic E-state index is -0.486. The van der Waals surface area contributed by atoms with Crippen LogP contribution in [0.5, 0.6) is 0 Å². The molecule has 0 saturated carbocycles. The molecule has 0 aliphatic carbocycles. The Hall–Kier alpha value is -2.37. The molecule has 0 fully saturated rings. The summed E-state index contributed by atoms with van der Waals surface area (Å²) in [5, 5.41) is 27.1. The summed E-state index contributed by atoms with van der Waals surface area (Å²) in [6.45, 7) is -0.191. The van der Waals surface area contributed by atoms with E-state index in [0.29, 0.717) is 16.5 Å². The molecule has 0 amide bonds. The predicted octanol–water partition coefficient (Wildman–Crippen LogP) is 1.73. The topological polar surface area (TPSA) is 102 Å². The van der Waals surface area contributed by atoms with E-state index in [9.17, 15) is 10.1 Å². The molecule has 1 aromatic heterocycles. The van der Waals surface area contributed by atoms with Crippen LogP contribution in [0.1, 0.15) is 0 Å². The fraction of sp³-hybridized carbons (Fsp3) is 0.167. The van der Waals surface area contributed by atoms with Crippen molar-refractivity contribution in [2.24, 2.45) is 0 Å². The quantitative estimate of drug-likeness (QED) is 0.396. The SMILES string of the molecule is O=[N+]([O-])c1cccc(-c2nnc(SCC#CCO)o2)c1. The number of nitrogens with zero attached hydrogens (tertiary/aromatic N) is 3. The minimum absolute atomic E-state index is 0.0382. The van der Waals surface area contributed by atoms with Crippen LogP contribution < -0.4 is 0 Å². The maximum absolute atomic E-state index is 10.7. The molecule has 0 spiro atoms. The first kappa shape index (κ1) is 14.0. The lowest BCUT2D eigenvalue weighted by molar-refractivity contribution is -0.384. The molecule has 20 heavy (non-hydrogen) atoms. The van der Waals surface area contributed by atoms with Crippen LogP contribution in [0.15, 0.2) is 33.9 Å². The summed E-state index contributed by atoms with van der Waals surface area (Å²) in [6.07, 6.45) is 0. The molecule has 8 heteroatoms. The molecule has 2 aromatic rings. The first-order chi connectivity index (χ1) is 9.70. The van der Waals surface area contributed by atoms with Gasteiger partial charge in [0.1, 0.15) is 6.61 Å². The van der Waals surface area contributed by atoms with Gasteiger partial charge in [0, 0.05) is 17.7 Å². The van der Waals surface area contributed by atoms with Crippen molar-refractivity contribution in [1.29, 1.82) is 0 Å². The second-order valence-corrected chi connectivity index (χ2v) is 4.41. The molecule has 1 heterocycles. The second kappa shape index (κ2) is 6.70. The van der Waals surface area contributed by atoms with Crippen molar-refractivity contribution in [2.45, 2.75) is 5.22 Å². The normalized spacial score (nSPS) is 9.85. The van der Waals surface area contributed by atoms with E-state index < -0.39 is 4.92 Å². The van der Waals surface area contributed by atoms with Gasteiger partial charge < -0.3 is 9.52 Å².